The molecule has 6 heteroatoms. The molecule has 184 valence electrons. The van der Waals surface area contributed by atoms with Gasteiger partial charge in [0.05, 0.1) is 18.8 Å². The van der Waals surface area contributed by atoms with Crippen molar-refractivity contribution in [3.05, 3.63) is 125 Å². The zero-order valence-corrected chi connectivity index (χ0v) is 20.7. The van der Waals surface area contributed by atoms with Crippen LogP contribution in [0.1, 0.15) is 40.6 Å². The number of nitrogens with two attached hydrogens (primary N) is 2. The highest BCUT2D eigenvalue weighted by molar-refractivity contribution is 7.99. The van der Waals surface area contributed by atoms with Crippen molar-refractivity contribution in [1.29, 1.82) is 0 Å². The Kier molecular flexibility index (Phi) is 7.58. The number of para-hydroxylation sites is 1. The third kappa shape index (κ3) is 5.42. The molecule has 36 heavy (non-hydrogen) atoms. The second-order valence-corrected chi connectivity index (χ2v) is 9.98. The van der Waals surface area contributed by atoms with Gasteiger partial charge in [-0.25, -0.2) is 0 Å². The van der Waals surface area contributed by atoms with Crippen molar-refractivity contribution >= 4 is 23.1 Å². The lowest BCUT2D eigenvalue weighted by atomic mass is 9.84. The van der Waals surface area contributed by atoms with Crippen LogP contribution in [0.2, 0.25) is 0 Å². The van der Waals surface area contributed by atoms with Gasteiger partial charge in [0, 0.05) is 33.5 Å². The lowest BCUT2D eigenvalue weighted by Gasteiger charge is -2.43. The summed E-state index contributed by atoms with van der Waals surface area (Å²) in [5.41, 5.74) is 17.7. The van der Waals surface area contributed by atoms with Crippen molar-refractivity contribution < 1.29 is 14.6 Å². The second kappa shape index (κ2) is 11.2. The summed E-state index contributed by atoms with van der Waals surface area (Å²) in [5, 5.41) is 9.55. The van der Waals surface area contributed by atoms with Crippen LogP contribution >= 0.6 is 11.8 Å². The molecule has 1 fully saturated rings. The van der Waals surface area contributed by atoms with Gasteiger partial charge >= 0.3 is 0 Å². The summed E-state index contributed by atoms with van der Waals surface area (Å²) in [6.45, 7) is 0.000703. The molecule has 0 aromatic heterocycles. The lowest BCUT2D eigenvalue weighted by molar-refractivity contribution is -0.255. The Morgan fingerprint density at radius 1 is 0.722 bits per heavy atom. The highest BCUT2D eigenvalue weighted by atomic mass is 32.2. The van der Waals surface area contributed by atoms with E-state index in [4.69, 9.17) is 20.9 Å². The molecule has 4 atom stereocenters. The molecule has 5 N–H and O–H groups in total. The van der Waals surface area contributed by atoms with E-state index in [1.807, 2.05) is 91.0 Å². The molecule has 5 rings (SSSR count). The number of hydrogen-bond acceptors (Lipinski definition) is 6. The summed E-state index contributed by atoms with van der Waals surface area (Å²) in [5.74, 6) is 0.641. The Labute approximate surface area is 216 Å². The predicted molar refractivity (Wildman–Crippen MR) is 145 cm³/mol. The first kappa shape index (κ1) is 24.4. The Bertz CT molecular complexity index is 1280. The van der Waals surface area contributed by atoms with Gasteiger partial charge in [-0.05, 0) is 41.0 Å². The van der Waals surface area contributed by atoms with Crippen LogP contribution in [0.4, 0.5) is 11.4 Å². The molecule has 1 aliphatic rings. The van der Waals surface area contributed by atoms with Crippen molar-refractivity contribution in [2.24, 2.45) is 0 Å². The fourth-order valence-corrected chi connectivity index (χ4v) is 5.68. The third-order valence-corrected chi connectivity index (χ3v) is 7.65. The van der Waals surface area contributed by atoms with Gasteiger partial charge in [-0.2, -0.15) is 0 Å². The number of benzene rings is 4. The number of aliphatic hydroxyl groups excluding tert-OH is 1. The first-order valence-electron chi connectivity index (χ1n) is 12.0. The summed E-state index contributed by atoms with van der Waals surface area (Å²) in [6, 6.07) is 33.9. The minimum absolute atomic E-state index is 0.000703. The lowest BCUT2D eigenvalue weighted by Crippen LogP contribution is -2.38. The Morgan fingerprint density at radius 2 is 1.44 bits per heavy atom. The van der Waals surface area contributed by atoms with Gasteiger partial charge in [-0.1, -0.05) is 78.9 Å². The van der Waals surface area contributed by atoms with Crippen LogP contribution in [0.15, 0.2) is 108 Å². The SMILES string of the molecule is Nc1cccc(C2OC(CSc3ccccc3N)C(c3ccccc3)C(c3ccc(CO)cc3)O2)c1. The van der Waals surface area contributed by atoms with Crippen LogP contribution in [0, 0.1) is 0 Å². The first-order chi connectivity index (χ1) is 17.6. The van der Waals surface area contributed by atoms with Crippen molar-refractivity contribution in [3.63, 3.8) is 0 Å². The predicted octanol–water partition coefficient (Wildman–Crippen LogP) is 6.07. The number of rotatable bonds is 7. The average molecular weight is 499 g/mol. The van der Waals surface area contributed by atoms with Crippen LogP contribution in [-0.2, 0) is 16.1 Å². The first-order valence-corrected chi connectivity index (χ1v) is 13.0. The molecular weight excluding hydrogens is 468 g/mol. The number of nitrogen functional groups attached to an aromatic ring is 2. The van der Waals surface area contributed by atoms with E-state index in [9.17, 15) is 5.11 Å². The Balaban J connectivity index is 1.55. The molecule has 0 amide bonds. The van der Waals surface area contributed by atoms with E-state index < -0.39 is 6.29 Å². The van der Waals surface area contributed by atoms with Crippen molar-refractivity contribution in [3.8, 4) is 0 Å². The number of hydrogen-bond donors (Lipinski definition) is 3. The van der Waals surface area contributed by atoms with Gasteiger partial charge in [0.1, 0.15) is 0 Å². The standard InChI is InChI=1S/C30H30N2O3S/c31-24-10-6-9-23(17-24)30-34-26(19-36-27-12-5-4-11-25(27)32)28(21-7-2-1-3-8-21)29(35-30)22-15-13-20(18-33)14-16-22/h1-17,26,28-30,33H,18-19,31-32H2. The van der Waals surface area contributed by atoms with E-state index in [2.05, 4.69) is 12.1 Å². The molecule has 0 bridgehead atoms. The van der Waals surface area contributed by atoms with E-state index in [0.717, 1.165) is 32.8 Å². The summed E-state index contributed by atoms with van der Waals surface area (Å²) in [4.78, 5) is 1.03. The summed E-state index contributed by atoms with van der Waals surface area (Å²) < 4.78 is 13.4. The molecule has 1 aliphatic heterocycles. The molecule has 4 unspecified atom stereocenters. The van der Waals surface area contributed by atoms with Crippen LogP contribution in [0.25, 0.3) is 0 Å². The highest BCUT2D eigenvalue weighted by Crippen LogP contribution is 2.48. The number of ether oxygens (including phenoxy) is 2. The van der Waals surface area contributed by atoms with Gasteiger partial charge in [-0.15, -0.1) is 11.8 Å². The number of thioether (sulfide) groups is 1. The molecular formula is C30H30N2O3S. The quantitative estimate of drug-likeness (QED) is 0.211. The number of aliphatic hydroxyl groups is 1. The van der Waals surface area contributed by atoms with Crippen LogP contribution in [-0.4, -0.2) is 17.0 Å². The molecule has 0 radical (unpaired) electrons. The molecule has 4 aromatic carbocycles. The zero-order chi connectivity index (χ0) is 24.9. The van der Waals surface area contributed by atoms with Crippen molar-refractivity contribution in [2.45, 2.75) is 35.9 Å². The average Bonchev–Trinajstić information content (AvgIpc) is 2.92. The van der Waals surface area contributed by atoms with Gasteiger partial charge in [0.2, 0.25) is 0 Å². The summed E-state index contributed by atoms with van der Waals surface area (Å²) in [7, 11) is 0. The molecule has 0 spiro atoms. The second-order valence-electron chi connectivity index (χ2n) is 8.92. The summed E-state index contributed by atoms with van der Waals surface area (Å²) >= 11 is 1.69. The van der Waals surface area contributed by atoms with E-state index in [0.29, 0.717) is 11.4 Å². The maximum atomic E-state index is 9.55. The molecule has 0 aliphatic carbocycles. The summed E-state index contributed by atoms with van der Waals surface area (Å²) in [6.07, 6.45) is -1.01. The van der Waals surface area contributed by atoms with Gasteiger partial charge in [-0.3, -0.25) is 0 Å². The van der Waals surface area contributed by atoms with Gasteiger partial charge in [0.25, 0.3) is 0 Å². The maximum Gasteiger partial charge on any atom is 0.185 e. The molecule has 5 nitrogen and oxygen atoms in total. The van der Waals surface area contributed by atoms with Crippen molar-refractivity contribution in [2.75, 3.05) is 17.2 Å². The van der Waals surface area contributed by atoms with E-state index in [1.54, 1.807) is 11.8 Å². The molecule has 1 heterocycles. The van der Waals surface area contributed by atoms with Gasteiger partial charge in [0.15, 0.2) is 6.29 Å². The van der Waals surface area contributed by atoms with E-state index >= 15 is 0 Å². The molecule has 4 aromatic rings. The maximum absolute atomic E-state index is 9.55. The van der Waals surface area contributed by atoms with Gasteiger partial charge < -0.3 is 26.0 Å². The topological polar surface area (TPSA) is 90.7 Å². The van der Waals surface area contributed by atoms with Crippen molar-refractivity contribution in [1.82, 2.24) is 0 Å². The third-order valence-electron chi connectivity index (χ3n) is 6.48. The molecule has 0 saturated carbocycles. The zero-order valence-electron chi connectivity index (χ0n) is 19.9. The van der Waals surface area contributed by atoms with E-state index in [-0.39, 0.29) is 24.7 Å². The fourth-order valence-electron chi connectivity index (χ4n) is 4.64. The normalized spacial score (nSPS) is 21.8. The minimum atomic E-state index is -0.574. The Morgan fingerprint density at radius 3 is 2.17 bits per heavy atom. The van der Waals surface area contributed by atoms with Crippen LogP contribution in [0.5, 0.6) is 0 Å². The fraction of sp³-hybridized carbons (Fsp3) is 0.200. The monoisotopic (exact) mass is 498 g/mol. The Hall–Kier alpha value is -3.29. The van der Waals surface area contributed by atoms with Crippen LogP contribution < -0.4 is 11.5 Å². The number of anilines is 2. The molecule has 1 saturated heterocycles. The highest BCUT2D eigenvalue weighted by Gasteiger charge is 2.41. The smallest absolute Gasteiger partial charge is 0.185 e. The van der Waals surface area contributed by atoms with Crippen LogP contribution in [0.3, 0.4) is 0 Å². The largest absolute Gasteiger partial charge is 0.399 e. The minimum Gasteiger partial charge on any atom is -0.399 e. The van der Waals surface area contributed by atoms with E-state index in [1.165, 1.54) is 0 Å².